The Morgan fingerprint density at radius 2 is 1.65 bits per heavy atom. The monoisotopic (exact) mass is 351 g/mol. The fourth-order valence-electron chi connectivity index (χ4n) is 2.94. The summed E-state index contributed by atoms with van der Waals surface area (Å²) < 4.78 is 1.98. The predicted octanol–water partition coefficient (Wildman–Crippen LogP) is 2.93. The first-order chi connectivity index (χ1) is 12.2. The van der Waals surface area contributed by atoms with Crippen molar-refractivity contribution in [1.82, 2.24) is 9.88 Å². The van der Waals surface area contributed by atoms with Crippen LogP contribution in [0.15, 0.2) is 29.8 Å². The highest BCUT2D eigenvalue weighted by Crippen LogP contribution is 2.25. The van der Waals surface area contributed by atoms with E-state index in [2.05, 4.69) is 5.32 Å². The maximum absolute atomic E-state index is 12.9. The fourth-order valence-corrected chi connectivity index (χ4v) is 2.94. The zero-order chi connectivity index (χ0) is 19.2. The largest absolute Gasteiger partial charge is 0.352 e. The van der Waals surface area contributed by atoms with Crippen LogP contribution in [0.1, 0.15) is 28.1 Å². The number of benzene rings is 1. The number of hydrogen-bond donors (Lipinski definition) is 1. The van der Waals surface area contributed by atoms with Gasteiger partial charge >= 0.3 is 6.03 Å². The Morgan fingerprint density at radius 1 is 0.962 bits per heavy atom. The van der Waals surface area contributed by atoms with E-state index < -0.39 is 17.8 Å². The van der Waals surface area contributed by atoms with Gasteiger partial charge in [-0.2, -0.15) is 0 Å². The average molecular weight is 351 g/mol. The van der Waals surface area contributed by atoms with E-state index >= 15 is 0 Å². The van der Waals surface area contributed by atoms with Gasteiger partial charge in [0.25, 0.3) is 11.8 Å². The Kier molecular flexibility index (Phi) is 4.28. The van der Waals surface area contributed by atoms with Crippen molar-refractivity contribution in [3.05, 3.63) is 57.9 Å². The Hall–Kier alpha value is -3.15. The van der Waals surface area contributed by atoms with Crippen LogP contribution >= 0.6 is 0 Å². The standard InChI is InChI=1S/C20H21N3O3/c1-11-6-7-16(8-12(11)2)23-19(25)17(18(24)21-20(23)26)10-15-9-13(3)22(5)14(15)4/h6-10H,1-5H3,(H,21,24,26)/b17-10+. The van der Waals surface area contributed by atoms with E-state index in [-0.39, 0.29) is 5.57 Å². The van der Waals surface area contributed by atoms with Crippen LogP contribution in [0, 0.1) is 27.7 Å². The number of aromatic nitrogens is 1. The molecule has 1 aliphatic rings. The van der Waals surface area contributed by atoms with Gasteiger partial charge in [0.1, 0.15) is 5.57 Å². The van der Waals surface area contributed by atoms with Gasteiger partial charge < -0.3 is 4.57 Å². The number of urea groups is 1. The molecule has 0 unspecified atom stereocenters. The van der Waals surface area contributed by atoms with Gasteiger partial charge in [-0.25, -0.2) is 9.69 Å². The molecule has 2 heterocycles. The summed E-state index contributed by atoms with van der Waals surface area (Å²) in [4.78, 5) is 38.5. The summed E-state index contributed by atoms with van der Waals surface area (Å²) in [6.45, 7) is 7.72. The maximum Gasteiger partial charge on any atom is 0.335 e. The quantitative estimate of drug-likeness (QED) is 0.668. The summed E-state index contributed by atoms with van der Waals surface area (Å²) in [5.74, 6) is -1.30. The SMILES string of the molecule is Cc1ccc(N2C(=O)NC(=O)/C(=C\c3cc(C)n(C)c3C)C2=O)cc1C. The van der Waals surface area contributed by atoms with Crippen LogP contribution in [0.25, 0.3) is 6.08 Å². The van der Waals surface area contributed by atoms with Gasteiger partial charge in [0.15, 0.2) is 0 Å². The van der Waals surface area contributed by atoms with Crippen molar-refractivity contribution >= 4 is 29.6 Å². The van der Waals surface area contributed by atoms with Gasteiger partial charge in [-0.15, -0.1) is 0 Å². The van der Waals surface area contributed by atoms with E-state index in [9.17, 15) is 14.4 Å². The molecule has 0 bridgehead atoms. The number of aryl methyl sites for hydroxylation is 3. The zero-order valence-electron chi connectivity index (χ0n) is 15.5. The normalized spacial score (nSPS) is 16.4. The molecular weight excluding hydrogens is 330 g/mol. The number of barbiturate groups is 1. The lowest BCUT2D eigenvalue weighted by Crippen LogP contribution is -2.54. The molecule has 0 atom stereocenters. The van der Waals surface area contributed by atoms with Crippen LogP contribution < -0.4 is 10.2 Å². The molecule has 1 N–H and O–H groups in total. The van der Waals surface area contributed by atoms with Crippen LogP contribution in [0.3, 0.4) is 0 Å². The smallest absolute Gasteiger partial charge is 0.335 e. The molecule has 2 aromatic rings. The van der Waals surface area contributed by atoms with Gasteiger partial charge in [-0.1, -0.05) is 6.07 Å². The Bertz CT molecular complexity index is 982. The third-order valence-electron chi connectivity index (χ3n) is 4.96. The summed E-state index contributed by atoms with van der Waals surface area (Å²) >= 11 is 0. The Labute approximate surface area is 152 Å². The van der Waals surface area contributed by atoms with Crippen LogP contribution in [0.2, 0.25) is 0 Å². The second-order valence-electron chi connectivity index (χ2n) is 6.61. The fraction of sp³-hybridized carbons (Fsp3) is 0.250. The van der Waals surface area contributed by atoms with Gasteiger partial charge in [0.2, 0.25) is 0 Å². The van der Waals surface area contributed by atoms with Crippen molar-refractivity contribution < 1.29 is 14.4 Å². The number of carbonyl (C=O) groups is 3. The van der Waals surface area contributed by atoms with Crippen LogP contribution in [-0.2, 0) is 16.6 Å². The number of nitrogens with zero attached hydrogens (tertiary/aromatic N) is 2. The predicted molar refractivity (Wildman–Crippen MR) is 99.8 cm³/mol. The third kappa shape index (κ3) is 2.83. The average Bonchev–Trinajstić information content (AvgIpc) is 2.81. The van der Waals surface area contributed by atoms with E-state index in [4.69, 9.17) is 0 Å². The summed E-state index contributed by atoms with van der Waals surface area (Å²) in [7, 11) is 1.92. The Balaban J connectivity index is 2.06. The first kappa shape index (κ1) is 17.7. The minimum Gasteiger partial charge on any atom is -0.352 e. The number of hydrogen-bond acceptors (Lipinski definition) is 3. The first-order valence-corrected chi connectivity index (χ1v) is 8.32. The minimum atomic E-state index is -0.735. The second-order valence-corrected chi connectivity index (χ2v) is 6.61. The molecule has 1 aliphatic heterocycles. The molecule has 1 fully saturated rings. The second kappa shape index (κ2) is 6.29. The highest BCUT2D eigenvalue weighted by molar-refractivity contribution is 6.39. The molecule has 0 saturated carbocycles. The van der Waals surface area contributed by atoms with Crippen molar-refractivity contribution in [2.24, 2.45) is 7.05 Å². The van der Waals surface area contributed by atoms with Crippen molar-refractivity contribution in [3.63, 3.8) is 0 Å². The molecule has 1 aromatic carbocycles. The first-order valence-electron chi connectivity index (χ1n) is 8.32. The lowest BCUT2D eigenvalue weighted by molar-refractivity contribution is -0.122. The van der Waals surface area contributed by atoms with Crippen LogP contribution in [0.4, 0.5) is 10.5 Å². The zero-order valence-corrected chi connectivity index (χ0v) is 15.5. The van der Waals surface area contributed by atoms with E-state index in [0.717, 1.165) is 33.0 Å². The molecule has 3 rings (SSSR count). The summed E-state index contributed by atoms with van der Waals surface area (Å²) in [6, 6.07) is 6.47. The van der Waals surface area contributed by atoms with Gasteiger partial charge in [0.05, 0.1) is 5.69 Å². The van der Waals surface area contributed by atoms with Crippen molar-refractivity contribution in [2.45, 2.75) is 27.7 Å². The topological polar surface area (TPSA) is 71.4 Å². The molecule has 6 heteroatoms. The molecule has 4 amide bonds. The lowest BCUT2D eigenvalue weighted by atomic mass is 10.1. The maximum atomic E-state index is 12.9. The van der Waals surface area contributed by atoms with Gasteiger partial charge in [-0.05, 0) is 68.7 Å². The number of rotatable bonds is 2. The highest BCUT2D eigenvalue weighted by atomic mass is 16.2. The molecule has 1 aromatic heterocycles. The highest BCUT2D eigenvalue weighted by Gasteiger charge is 2.37. The molecule has 26 heavy (non-hydrogen) atoms. The molecule has 0 radical (unpaired) electrons. The van der Waals surface area contributed by atoms with E-state index in [1.54, 1.807) is 18.2 Å². The van der Waals surface area contributed by atoms with Crippen LogP contribution in [-0.4, -0.2) is 22.4 Å². The minimum absolute atomic E-state index is 0.0588. The summed E-state index contributed by atoms with van der Waals surface area (Å²) in [6.07, 6.45) is 1.54. The third-order valence-corrected chi connectivity index (χ3v) is 4.96. The van der Waals surface area contributed by atoms with E-state index in [0.29, 0.717) is 5.69 Å². The van der Waals surface area contributed by atoms with Crippen LogP contribution in [0.5, 0.6) is 0 Å². The number of amides is 4. The summed E-state index contributed by atoms with van der Waals surface area (Å²) in [5.41, 5.74) is 5.12. The molecule has 134 valence electrons. The van der Waals surface area contributed by atoms with E-state index in [1.165, 1.54) is 0 Å². The van der Waals surface area contributed by atoms with Gasteiger partial charge in [0, 0.05) is 18.4 Å². The van der Waals surface area contributed by atoms with E-state index in [1.807, 2.05) is 51.4 Å². The number of anilines is 1. The van der Waals surface area contributed by atoms with Gasteiger partial charge in [-0.3, -0.25) is 14.9 Å². The number of nitrogens with one attached hydrogen (secondary N) is 1. The molecule has 0 spiro atoms. The molecule has 6 nitrogen and oxygen atoms in total. The molecule has 0 aliphatic carbocycles. The lowest BCUT2D eigenvalue weighted by Gasteiger charge is -2.26. The van der Waals surface area contributed by atoms with Crippen molar-refractivity contribution in [1.29, 1.82) is 0 Å². The Morgan fingerprint density at radius 3 is 2.23 bits per heavy atom. The van der Waals surface area contributed by atoms with Crippen molar-refractivity contribution in [2.75, 3.05) is 4.90 Å². The van der Waals surface area contributed by atoms with Crippen molar-refractivity contribution in [3.8, 4) is 0 Å². The number of imide groups is 2. The molecular formula is C20H21N3O3. The summed E-state index contributed by atoms with van der Waals surface area (Å²) in [5, 5.41) is 2.26. The molecule has 1 saturated heterocycles. The number of carbonyl (C=O) groups excluding carboxylic acids is 3.